The molecule has 0 rings (SSSR count). The van der Waals surface area contributed by atoms with Gasteiger partial charge in [0.2, 0.25) is 0 Å². The number of hydrogen-bond acceptors (Lipinski definition) is 1. The van der Waals surface area contributed by atoms with Crippen molar-refractivity contribution in [2.45, 2.75) is 0 Å². The molecule has 3 N–H and O–H groups in total. The fourth-order valence-corrected chi connectivity index (χ4v) is 0. The van der Waals surface area contributed by atoms with Crippen LogP contribution < -0.4 is 6.15 Å². The van der Waals surface area contributed by atoms with E-state index in [9.17, 15) is 0 Å². The average molecular weight is 206 g/mol. The minimum absolute atomic E-state index is 0. The second-order valence-corrected chi connectivity index (χ2v) is 0. The SMILES string of the molecule is N.P.[Ca].[K].[Si].[Ti]. The van der Waals surface area contributed by atoms with Gasteiger partial charge in [-0.15, -0.1) is 0 Å². The molecule has 0 aromatic carbocycles. The molecular formula is H6CaKNPSiTi. The van der Waals surface area contributed by atoms with E-state index in [1.165, 1.54) is 0 Å². The Morgan fingerprint density at radius 1 is 1.00 bits per heavy atom. The molecule has 0 amide bonds. The van der Waals surface area contributed by atoms with Crippen LogP contribution in [0.3, 0.4) is 0 Å². The van der Waals surface area contributed by atoms with E-state index in [0.29, 0.717) is 0 Å². The molecule has 0 aromatic heterocycles. The minimum Gasteiger partial charge on any atom is -0.344 e. The minimum atomic E-state index is 0. The summed E-state index contributed by atoms with van der Waals surface area (Å²) in [5.41, 5.74) is 0. The summed E-state index contributed by atoms with van der Waals surface area (Å²) in [5, 5.41) is 0. The molecule has 7 radical (unpaired) electrons. The second kappa shape index (κ2) is 35.0. The molecule has 0 aliphatic rings. The molecule has 0 aliphatic carbocycles. The zero-order valence-electron chi connectivity index (χ0n) is 4.12. The summed E-state index contributed by atoms with van der Waals surface area (Å²) in [7, 11) is 0. The van der Waals surface area contributed by atoms with Crippen molar-refractivity contribution < 1.29 is 21.7 Å². The van der Waals surface area contributed by atoms with Gasteiger partial charge in [-0.25, -0.2) is 0 Å². The zero-order chi connectivity index (χ0) is 0. The van der Waals surface area contributed by atoms with Crippen molar-refractivity contribution in [2.75, 3.05) is 0 Å². The van der Waals surface area contributed by atoms with Crippen molar-refractivity contribution in [1.29, 1.82) is 0 Å². The molecule has 0 fully saturated rings. The van der Waals surface area contributed by atoms with Gasteiger partial charge >= 0.3 is 0 Å². The van der Waals surface area contributed by atoms with Crippen molar-refractivity contribution in [3.63, 3.8) is 0 Å². The van der Waals surface area contributed by atoms with Gasteiger partial charge in [0.05, 0.1) is 0 Å². The molecule has 0 spiro atoms. The molecule has 0 saturated carbocycles. The fraction of sp³-hybridized carbons (Fsp3) is 0. The van der Waals surface area contributed by atoms with E-state index in [4.69, 9.17) is 0 Å². The Kier molecular flexibility index (Phi) is 285. The maximum Gasteiger partial charge on any atom is 0 e. The first-order valence-electron chi connectivity index (χ1n) is 0. The molecule has 0 heterocycles. The smallest absolute Gasteiger partial charge is 0 e. The Balaban J connectivity index is 0. The molecule has 1 unspecified atom stereocenters. The summed E-state index contributed by atoms with van der Waals surface area (Å²) in [6.45, 7) is 0. The summed E-state index contributed by atoms with van der Waals surface area (Å²) in [5.74, 6) is 0. The van der Waals surface area contributed by atoms with Crippen molar-refractivity contribution in [2.24, 2.45) is 0 Å². The van der Waals surface area contributed by atoms with E-state index >= 15 is 0 Å². The van der Waals surface area contributed by atoms with Gasteiger partial charge in [-0.05, 0) is 0 Å². The largest absolute Gasteiger partial charge is 0.344 e. The Hall–Kier alpha value is 4.22. The quantitative estimate of drug-likeness (QED) is 0.403. The summed E-state index contributed by atoms with van der Waals surface area (Å²) >= 11 is 0. The van der Waals surface area contributed by atoms with Crippen LogP contribution in [-0.2, 0) is 21.7 Å². The maximum absolute atomic E-state index is 0. The first-order valence-corrected chi connectivity index (χ1v) is 0. The predicted molar refractivity (Wildman–Crippen MR) is 33.4 cm³/mol. The molecule has 0 aromatic rings. The first kappa shape index (κ1) is 48.8. The number of hydrogen-bond donors (Lipinski definition) is 1. The van der Waals surface area contributed by atoms with Gasteiger partial charge < -0.3 is 6.15 Å². The van der Waals surface area contributed by atoms with Crippen molar-refractivity contribution in [3.05, 3.63) is 0 Å². The molecule has 1 nitrogen and oxygen atoms in total. The Labute approximate surface area is 134 Å². The molecular weight excluding hydrogens is 200 g/mol. The molecule has 6 heavy (non-hydrogen) atoms. The normalized spacial score (nSPS) is 0. The first-order chi connectivity index (χ1) is 0. The van der Waals surface area contributed by atoms with E-state index < -0.39 is 0 Å². The van der Waals surface area contributed by atoms with Crippen molar-refractivity contribution >= 4 is 110 Å². The van der Waals surface area contributed by atoms with Gasteiger partial charge in [-0.1, -0.05) is 0 Å². The van der Waals surface area contributed by atoms with E-state index in [1.807, 2.05) is 0 Å². The summed E-state index contributed by atoms with van der Waals surface area (Å²) in [6.07, 6.45) is 0. The second-order valence-electron chi connectivity index (χ2n) is 0. The van der Waals surface area contributed by atoms with Crippen LogP contribution in [0.5, 0.6) is 0 Å². The summed E-state index contributed by atoms with van der Waals surface area (Å²) < 4.78 is 0. The maximum atomic E-state index is 0. The third-order valence-electron chi connectivity index (χ3n) is 0. The standard InChI is InChI=1S/Ca.K.H3N.H3P.Si.Ti/h;;2*1H3;;. The third-order valence-corrected chi connectivity index (χ3v) is 0. The van der Waals surface area contributed by atoms with Crippen molar-refractivity contribution in [3.8, 4) is 0 Å². The Morgan fingerprint density at radius 3 is 1.00 bits per heavy atom. The van der Waals surface area contributed by atoms with Crippen LogP contribution >= 0.6 is 9.90 Å². The van der Waals surface area contributed by atoms with Gasteiger partial charge in [-0.2, -0.15) is 9.90 Å². The van der Waals surface area contributed by atoms with Crippen LogP contribution in [0.15, 0.2) is 0 Å². The van der Waals surface area contributed by atoms with E-state index in [2.05, 4.69) is 0 Å². The predicted octanol–water partition coefficient (Wildman–Crippen LogP) is -0.925. The molecule has 6 heteroatoms. The molecule has 1 atom stereocenters. The van der Waals surface area contributed by atoms with Gasteiger partial charge in [0.1, 0.15) is 0 Å². The van der Waals surface area contributed by atoms with E-state index in [-0.39, 0.29) is 138 Å². The monoisotopic (exact) mass is 206 g/mol. The van der Waals surface area contributed by atoms with Crippen LogP contribution in [0.2, 0.25) is 0 Å². The van der Waals surface area contributed by atoms with E-state index in [1.54, 1.807) is 0 Å². The van der Waals surface area contributed by atoms with Crippen LogP contribution in [0.4, 0.5) is 0 Å². The Morgan fingerprint density at radius 2 is 1.00 bits per heavy atom. The van der Waals surface area contributed by atoms with Gasteiger partial charge in [0, 0.05) is 122 Å². The van der Waals surface area contributed by atoms with Crippen LogP contribution in [0.1, 0.15) is 0 Å². The topological polar surface area (TPSA) is 35.0 Å². The van der Waals surface area contributed by atoms with Crippen molar-refractivity contribution in [1.82, 2.24) is 6.15 Å². The zero-order valence-corrected chi connectivity index (χ0v) is 13.4. The third kappa shape index (κ3) is 24.1. The van der Waals surface area contributed by atoms with Gasteiger partial charge in [-0.3, -0.25) is 0 Å². The average Bonchev–Trinajstić information content (AvgIpc) is 0. The fourth-order valence-electron chi connectivity index (χ4n) is 0. The summed E-state index contributed by atoms with van der Waals surface area (Å²) in [6, 6.07) is 0. The summed E-state index contributed by atoms with van der Waals surface area (Å²) in [4.78, 5) is 0. The molecule has 0 bridgehead atoms. The Bertz CT molecular complexity index is 15.5. The molecule has 0 saturated heterocycles. The van der Waals surface area contributed by atoms with Crippen LogP contribution in [-0.4, -0.2) is 100 Å². The molecule has 0 aliphatic heterocycles. The molecule has 27 valence electrons. The van der Waals surface area contributed by atoms with Gasteiger partial charge in [0.25, 0.3) is 0 Å². The number of rotatable bonds is 0. The van der Waals surface area contributed by atoms with Crippen LogP contribution in [0.25, 0.3) is 0 Å². The van der Waals surface area contributed by atoms with E-state index in [0.717, 1.165) is 0 Å². The van der Waals surface area contributed by atoms with Gasteiger partial charge in [0.15, 0.2) is 0 Å². The van der Waals surface area contributed by atoms with Crippen LogP contribution in [0, 0.1) is 0 Å².